The Kier molecular flexibility index (Phi) is 3.71. The Morgan fingerprint density at radius 3 is 2.52 bits per heavy atom. The molecular formula is C18H26N4O. The quantitative estimate of drug-likeness (QED) is 0.798. The van der Waals surface area contributed by atoms with E-state index in [-0.39, 0.29) is 23.0 Å². The van der Waals surface area contributed by atoms with Crippen LogP contribution in [-0.2, 0) is 0 Å². The number of benzene rings is 1. The minimum Gasteiger partial charge on any atom is -0.348 e. The maximum absolute atomic E-state index is 12.7. The molecule has 2 heterocycles. The molecule has 124 valence electrons. The van der Waals surface area contributed by atoms with Crippen molar-refractivity contribution in [3.8, 4) is 0 Å². The van der Waals surface area contributed by atoms with Crippen molar-refractivity contribution < 1.29 is 4.79 Å². The van der Waals surface area contributed by atoms with Gasteiger partial charge >= 0.3 is 0 Å². The fraction of sp³-hybridized carbons (Fsp3) is 0.556. The summed E-state index contributed by atoms with van der Waals surface area (Å²) in [5, 5.41) is 14.9. The topological polar surface area (TPSA) is 69.8 Å². The highest BCUT2D eigenvalue weighted by molar-refractivity contribution is 6.05. The van der Waals surface area contributed by atoms with Gasteiger partial charge in [-0.15, -0.1) is 0 Å². The van der Waals surface area contributed by atoms with Crippen molar-refractivity contribution in [2.75, 3.05) is 0 Å². The molecule has 5 nitrogen and oxygen atoms in total. The molecule has 0 atom stereocenters. The van der Waals surface area contributed by atoms with E-state index in [2.05, 4.69) is 48.5 Å². The number of amides is 1. The molecule has 0 radical (unpaired) electrons. The molecule has 1 fully saturated rings. The highest BCUT2D eigenvalue weighted by Gasteiger charge is 2.38. The van der Waals surface area contributed by atoms with Gasteiger partial charge in [-0.25, -0.2) is 0 Å². The lowest BCUT2D eigenvalue weighted by molar-refractivity contribution is 0.0870. The van der Waals surface area contributed by atoms with Crippen LogP contribution in [0.3, 0.4) is 0 Å². The molecule has 0 saturated carbocycles. The van der Waals surface area contributed by atoms with E-state index in [1.54, 1.807) is 0 Å². The Labute approximate surface area is 137 Å². The van der Waals surface area contributed by atoms with E-state index in [1.807, 2.05) is 25.1 Å². The van der Waals surface area contributed by atoms with Crippen molar-refractivity contribution in [3.05, 3.63) is 29.5 Å². The van der Waals surface area contributed by atoms with E-state index in [0.29, 0.717) is 5.69 Å². The van der Waals surface area contributed by atoms with Gasteiger partial charge in [-0.05, 0) is 53.0 Å². The second-order valence-corrected chi connectivity index (χ2v) is 8.04. The first-order chi connectivity index (χ1) is 10.7. The second-order valence-electron chi connectivity index (χ2n) is 8.04. The van der Waals surface area contributed by atoms with Crippen molar-refractivity contribution in [3.63, 3.8) is 0 Å². The highest BCUT2D eigenvalue weighted by atomic mass is 16.2. The van der Waals surface area contributed by atoms with Gasteiger partial charge in [-0.3, -0.25) is 9.89 Å². The number of nitrogens with one attached hydrogen (secondary N) is 3. The molecule has 0 unspecified atom stereocenters. The number of carbonyl (C=O) groups is 1. The molecule has 1 aliphatic heterocycles. The third-order valence-electron chi connectivity index (χ3n) is 4.54. The first-order valence-electron chi connectivity index (χ1n) is 8.21. The summed E-state index contributed by atoms with van der Waals surface area (Å²) in [7, 11) is 0. The minimum absolute atomic E-state index is 0.00629. The summed E-state index contributed by atoms with van der Waals surface area (Å²) in [6, 6.07) is 6.05. The molecule has 3 N–H and O–H groups in total. The largest absolute Gasteiger partial charge is 0.348 e. The molecular weight excluding hydrogens is 288 g/mol. The fourth-order valence-electron chi connectivity index (χ4n) is 4.04. The van der Waals surface area contributed by atoms with Crippen LogP contribution in [0.4, 0.5) is 0 Å². The lowest BCUT2D eigenvalue weighted by atomic mass is 9.79. The maximum Gasteiger partial charge on any atom is 0.270 e. The molecule has 0 aliphatic carbocycles. The van der Waals surface area contributed by atoms with Crippen LogP contribution in [0.1, 0.15) is 56.6 Å². The number of aromatic nitrogens is 2. The zero-order chi connectivity index (χ0) is 16.8. The third kappa shape index (κ3) is 3.24. The zero-order valence-electron chi connectivity index (χ0n) is 14.6. The molecule has 1 amide bonds. The average molecular weight is 314 g/mol. The number of nitrogens with zero attached hydrogens (tertiary/aromatic N) is 1. The van der Waals surface area contributed by atoms with Gasteiger partial charge in [0.05, 0.1) is 5.52 Å². The second kappa shape index (κ2) is 5.34. The summed E-state index contributed by atoms with van der Waals surface area (Å²) in [4.78, 5) is 12.7. The molecule has 1 aromatic heterocycles. The van der Waals surface area contributed by atoms with Gasteiger partial charge < -0.3 is 10.6 Å². The Morgan fingerprint density at radius 1 is 1.22 bits per heavy atom. The third-order valence-corrected chi connectivity index (χ3v) is 4.54. The van der Waals surface area contributed by atoms with Gasteiger partial charge in [-0.1, -0.05) is 18.2 Å². The summed E-state index contributed by atoms with van der Waals surface area (Å²) >= 11 is 0. The minimum atomic E-state index is -0.0726. The number of rotatable bonds is 2. The summed E-state index contributed by atoms with van der Waals surface area (Å²) in [5.74, 6) is -0.0726. The van der Waals surface area contributed by atoms with Gasteiger partial charge in [0.15, 0.2) is 0 Å². The Bertz CT molecular complexity index is 729. The average Bonchev–Trinajstić information content (AvgIpc) is 2.80. The van der Waals surface area contributed by atoms with E-state index in [9.17, 15) is 4.79 Å². The Balaban J connectivity index is 1.82. The number of aromatic amines is 1. The molecule has 0 bridgehead atoms. The number of aryl methyl sites for hydroxylation is 1. The summed E-state index contributed by atoms with van der Waals surface area (Å²) < 4.78 is 0. The van der Waals surface area contributed by atoms with Crippen molar-refractivity contribution in [2.24, 2.45) is 0 Å². The van der Waals surface area contributed by atoms with Crippen molar-refractivity contribution in [1.82, 2.24) is 20.8 Å². The molecule has 2 aromatic rings. The van der Waals surface area contributed by atoms with Crippen LogP contribution in [0.2, 0.25) is 0 Å². The fourth-order valence-corrected chi connectivity index (χ4v) is 4.04. The maximum atomic E-state index is 12.7. The summed E-state index contributed by atoms with van der Waals surface area (Å²) in [5.41, 5.74) is 2.50. The van der Waals surface area contributed by atoms with E-state index in [1.165, 1.54) is 0 Å². The Morgan fingerprint density at radius 2 is 1.87 bits per heavy atom. The van der Waals surface area contributed by atoms with Crippen LogP contribution < -0.4 is 10.6 Å². The van der Waals surface area contributed by atoms with Crippen LogP contribution >= 0.6 is 0 Å². The van der Waals surface area contributed by atoms with Crippen molar-refractivity contribution in [1.29, 1.82) is 0 Å². The number of fused-ring (bicyclic) bond motifs is 1. The standard InChI is InChI=1S/C18H26N4O/c1-11-7-6-8-13-14(11)20-21-15(13)16(23)19-12-9-17(2,3)22-18(4,5)10-12/h6-8,12,22H,9-10H2,1-5H3,(H,19,23)(H,20,21). The van der Waals surface area contributed by atoms with Gasteiger partial charge in [0.25, 0.3) is 5.91 Å². The van der Waals surface area contributed by atoms with Gasteiger partial charge in [0.1, 0.15) is 5.69 Å². The van der Waals surface area contributed by atoms with Gasteiger partial charge in [-0.2, -0.15) is 5.10 Å². The van der Waals surface area contributed by atoms with Gasteiger partial charge in [0, 0.05) is 22.5 Å². The molecule has 3 rings (SSSR count). The van der Waals surface area contributed by atoms with Crippen LogP contribution in [0.5, 0.6) is 0 Å². The lowest BCUT2D eigenvalue weighted by Crippen LogP contribution is -2.62. The predicted octanol–water partition coefficient (Wildman–Crippen LogP) is 2.91. The van der Waals surface area contributed by atoms with E-state index < -0.39 is 0 Å². The number of para-hydroxylation sites is 1. The SMILES string of the molecule is Cc1cccc2c(C(=O)NC3CC(C)(C)NC(C)(C)C3)[nH]nc12. The number of H-pyrrole nitrogens is 1. The van der Waals surface area contributed by atoms with Crippen molar-refractivity contribution >= 4 is 16.8 Å². The zero-order valence-corrected chi connectivity index (χ0v) is 14.6. The molecule has 1 aromatic carbocycles. The van der Waals surface area contributed by atoms with Crippen LogP contribution in [0.15, 0.2) is 18.2 Å². The van der Waals surface area contributed by atoms with Crippen LogP contribution in [-0.4, -0.2) is 33.2 Å². The molecule has 5 heteroatoms. The molecule has 23 heavy (non-hydrogen) atoms. The number of carbonyl (C=O) groups excluding carboxylic acids is 1. The smallest absolute Gasteiger partial charge is 0.270 e. The number of piperidine rings is 1. The first-order valence-corrected chi connectivity index (χ1v) is 8.21. The molecule has 1 saturated heterocycles. The van der Waals surface area contributed by atoms with E-state index >= 15 is 0 Å². The normalized spacial score (nSPS) is 20.6. The number of hydrogen-bond donors (Lipinski definition) is 3. The lowest BCUT2D eigenvalue weighted by Gasteiger charge is -2.46. The van der Waals surface area contributed by atoms with E-state index in [4.69, 9.17) is 0 Å². The predicted molar refractivity (Wildman–Crippen MR) is 92.6 cm³/mol. The highest BCUT2D eigenvalue weighted by Crippen LogP contribution is 2.29. The summed E-state index contributed by atoms with van der Waals surface area (Å²) in [6.07, 6.45) is 1.82. The van der Waals surface area contributed by atoms with Crippen LogP contribution in [0.25, 0.3) is 10.9 Å². The molecule has 1 aliphatic rings. The number of hydrogen-bond acceptors (Lipinski definition) is 3. The Hall–Kier alpha value is -1.88. The monoisotopic (exact) mass is 314 g/mol. The van der Waals surface area contributed by atoms with E-state index in [0.717, 1.165) is 29.3 Å². The van der Waals surface area contributed by atoms with Crippen molar-refractivity contribution in [2.45, 2.75) is 64.6 Å². The van der Waals surface area contributed by atoms with Crippen LogP contribution in [0, 0.1) is 6.92 Å². The first kappa shape index (κ1) is 16.0. The van der Waals surface area contributed by atoms with Gasteiger partial charge in [0.2, 0.25) is 0 Å². The summed E-state index contributed by atoms with van der Waals surface area (Å²) in [6.45, 7) is 10.7. The molecule has 0 spiro atoms.